The number of phenols is 3. The van der Waals surface area contributed by atoms with E-state index >= 15 is 0 Å². The number of phenolic OH excluding ortho intramolecular Hbond substituents is 3. The highest BCUT2D eigenvalue weighted by atomic mass is 32.1. The standard InChI is InChI=1S/C23H16F5N3O4S/c24-16-7-13(8-17(25)19(16)34)31-21(36)30-20(22(31,35)15-9-14(32)5-6-18(15)33)29-10-11-1-3-12(4-2-11)23(26,27)28/h1-9,32-35H,10H2,(H,29,30,36). The fourth-order valence-electron chi connectivity index (χ4n) is 3.65. The van der Waals surface area contributed by atoms with Crippen molar-refractivity contribution in [1.29, 1.82) is 0 Å². The quantitative estimate of drug-likeness (QED) is 0.197. The van der Waals surface area contributed by atoms with Crippen molar-refractivity contribution in [3.63, 3.8) is 0 Å². The smallest absolute Gasteiger partial charge is 0.416 e. The summed E-state index contributed by atoms with van der Waals surface area (Å²) in [4.78, 5) is 4.99. The van der Waals surface area contributed by atoms with Crippen LogP contribution in [-0.2, 0) is 18.4 Å². The van der Waals surface area contributed by atoms with E-state index in [9.17, 15) is 42.4 Å². The maximum atomic E-state index is 14.1. The van der Waals surface area contributed by atoms with Gasteiger partial charge in [0.05, 0.1) is 23.4 Å². The number of amidine groups is 1. The predicted octanol–water partition coefficient (Wildman–Crippen LogP) is 4.24. The number of thiocarbonyl (C=S) groups is 1. The van der Waals surface area contributed by atoms with Crippen LogP contribution < -0.4 is 10.2 Å². The zero-order chi connectivity index (χ0) is 26.4. The first-order valence-electron chi connectivity index (χ1n) is 10.1. The average Bonchev–Trinajstić information content (AvgIpc) is 3.07. The van der Waals surface area contributed by atoms with Gasteiger partial charge in [-0.05, 0) is 48.1 Å². The van der Waals surface area contributed by atoms with Gasteiger partial charge in [-0.1, -0.05) is 12.1 Å². The minimum Gasteiger partial charge on any atom is -0.508 e. The number of hydrogen-bond acceptors (Lipinski definition) is 6. The van der Waals surface area contributed by atoms with Crippen molar-refractivity contribution in [2.45, 2.75) is 18.4 Å². The van der Waals surface area contributed by atoms with Crippen LogP contribution >= 0.6 is 12.2 Å². The van der Waals surface area contributed by atoms with E-state index in [2.05, 4.69) is 10.3 Å². The van der Waals surface area contributed by atoms with E-state index in [1.54, 1.807) is 0 Å². The van der Waals surface area contributed by atoms with E-state index < -0.39 is 40.6 Å². The molecule has 0 amide bonds. The second-order valence-corrected chi connectivity index (χ2v) is 8.14. The summed E-state index contributed by atoms with van der Waals surface area (Å²) < 4.78 is 66.8. The molecular weight excluding hydrogens is 509 g/mol. The van der Waals surface area contributed by atoms with Crippen molar-refractivity contribution >= 4 is 28.9 Å². The molecule has 7 nitrogen and oxygen atoms in total. The Balaban J connectivity index is 1.83. The molecule has 13 heteroatoms. The Morgan fingerprint density at radius 1 is 0.944 bits per heavy atom. The Morgan fingerprint density at radius 2 is 1.56 bits per heavy atom. The van der Waals surface area contributed by atoms with Crippen LogP contribution in [0.3, 0.4) is 0 Å². The second-order valence-electron chi connectivity index (χ2n) is 7.76. The molecule has 5 N–H and O–H groups in total. The van der Waals surface area contributed by atoms with E-state index in [-0.39, 0.29) is 34.5 Å². The van der Waals surface area contributed by atoms with Crippen molar-refractivity contribution in [3.05, 3.63) is 82.9 Å². The molecule has 0 aromatic heterocycles. The van der Waals surface area contributed by atoms with Crippen LogP contribution in [0.5, 0.6) is 17.2 Å². The van der Waals surface area contributed by atoms with Crippen molar-refractivity contribution in [2.24, 2.45) is 4.99 Å². The lowest BCUT2D eigenvalue weighted by Gasteiger charge is -2.34. The highest BCUT2D eigenvalue weighted by Crippen LogP contribution is 2.42. The van der Waals surface area contributed by atoms with Crippen LogP contribution in [0.4, 0.5) is 27.6 Å². The average molecular weight is 525 g/mol. The fraction of sp³-hybridized carbons (Fsp3) is 0.130. The largest absolute Gasteiger partial charge is 0.508 e. The number of aliphatic hydroxyl groups is 1. The molecule has 0 radical (unpaired) electrons. The Labute approximate surface area is 205 Å². The summed E-state index contributed by atoms with van der Waals surface area (Å²) in [6.07, 6.45) is -4.54. The molecule has 1 aliphatic heterocycles. The zero-order valence-electron chi connectivity index (χ0n) is 17.9. The van der Waals surface area contributed by atoms with Crippen LogP contribution in [-0.4, -0.2) is 31.4 Å². The molecule has 1 saturated heterocycles. The molecule has 0 spiro atoms. The van der Waals surface area contributed by atoms with Crippen molar-refractivity contribution < 1.29 is 42.4 Å². The Kier molecular flexibility index (Phi) is 6.22. The normalized spacial score (nSPS) is 19.1. The number of nitrogens with zero attached hydrogens (tertiary/aromatic N) is 2. The number of rotatable bonds is 4. The summed E-state index contributed by atoms with van der Waals surface area (Å²) in [5, 5.41) is 43.9. The number of halogens is 5. The molecule has 0 aliphatic carbocycles. The lowest BCUT2D eigenvalue weighted by atomic mass is 9.98. The number of benzene rings is 3. The molecule has 188 valence electrons. The molecule has 0 bridgehead atoms. The van der Waals surface area contributed by atoms with Gasteiger partial charge in [-0.15, -0.1) is 0 Å². The second kappa shape index (κ2) is 8.91. The predicted molar refractivity (Wildman–Crippen MR) is 122 cm³/mol. The van der Waals surface area contributed by atoms with Gasteiger partial charge in [0.25, 0.3) is 0 Å². The zero-order valence-corrected chi connectivity index (χ0v) is 18.7. The minimum atomic E-state index is -4.54. The van der Waals surface area contributed by atoms with E-state index in [1.807, 2.05) is 0 Å². The molecule has 1 fully saturated rings. The first-order chi connectivity index (χ1) is 16.8. The van der Waals surface area contributed by atoms with Crippen LogP contribution in [0, 0.1) is 11.6 Å². The molecule has 1 atom stereocenters. The number of hydrogen-bond donors (Lipinski definition) is 5. The van der Waals surface area contributed by atoms with Crippen LogP contribution in [0.1, 0.15) is 16.7 Å². The maximum Gasteiger partial charge on any atom is 0.416 e. The molecular formula is C23H16F5N3O4S. The molecule has 3 aromatic rings. The number of anilines is 1. The monoisotopic (exact) mass is 525 g/mol. The van der Waals surface area contributed by atoms with Gasteiger partial charge in [-0.3, -0.25) is 9.89 Å². The van der Waals surface area contributed by atoms with E-state index in [0.717, 1.165) is 35.2 Å². The topological polar surface area (TPSA) is 109 Å². The molecule has 4 rings (SSSR count). The SMILES string of the molecule is Oc1ccc(O)c(C2(O)C(=NCc3ccc(C(F)(F)F)cc3)NC(=S)N2c2cc(F)c(O)c(F)c2)c1. The third kappa shape index (κ3) is 4.38. The summed E-state index contributed by atoms with van der Waals surface area (Å²) in [5.74, 6) is -5.30. The van der Waals surface area contributed by atoms with Gasteiger partial charge in [0.15, 0.2) is 28.3 Å². The summed E-state index contributed by atoms with van der Waals surface area (Å²) in [6, 6.07) is 8.54. The van der Waals surface area contributed by atoms with E-state index in [0.29, 0.717) is 17.7 Å². The lowest BCUT2D eigenvalue weighted by Crippen LogP contribution is -2.47. The highest BCUT2D eigenvalue weighted by molar-refractivity contribution is 7.80. The molecule has 1 unspecified atom stereocenters. The van der Waals surface area contributed by atoms with Crippen molar-refractivity contribution in [1.82, 2.24) is 5.32 Å². The number of aromatic hydroxyl groups is 3. The van der Waals surface area contributed by atoms with E-state index in [4.69, 9.17) is 12.2 Å². The first-order valence-corrected chi connectivity index (χ1v) is 10.5. The minimum absolute atomic E-state index is 0.267. The van der Waals surface area contributed by atoms with Gasteiger partial charge in [-0.2, -0.15) is 13.2 Å². The van der Waals surface area contributed by atoms with E-state index in [1.165, 1.54) is 12.1 Å². The maximum absolute atomic E-state index is 14.1. The van der Waals surface area contributed by atoms with Crippen molar-refractivity contribution in [3.8, 4) is 17.2 Å². The summed E-state index contributed by atoms with van der Waals surface area (Å²) >= 11 is 5.23. The molecule has 36 heavy (non-hydrogen) atoms. The first kappa shape index (κ1) is 25.1. The fourth-order valence-corrected chi connectivity index (χ4v) is 3.99. The third-order valence-corrected chi connectivity index (χ3v) is 5.68. The van der Waals surface area contributed by atoms with Gasteiger partial charge < -0.3 is 25.7 Å². The van der Waals surface area contributed by atoms with Crippen LogP contribution in [0.15, 0.2) is 59.6 Å². The van der Waals surface area contributed by atoms with Gasteiger partial charge in [0.1, 0.15) is 11.5 Å². The van der Waals surface area contributed by atoms with Gasteiger partial charge in [0.2, 0.25) is 5.72 Å². The number of nitrogens with one attached hydrogen (secondary N) is 1. The van der Waals surface area contributed by atoms with Gasteiger partial charge in [-0.25, -0.2) is 8.78 Å². The third-order valence-electron chi connectivity index (χ3n) is 5.40. The number of alkyl halides is 3. The Hall–Kier alpha value is -3.97. The molecule has 3 aromatic carbocycles. The van der Waals surface area contributed by atoms with Gasteiger partial charge in [0, 0.05) is 12.1 Å². The Bertz CT molecular complexity index is 1360. The van der Waals surface area contributed by atoms with Crippen LogP contribution in [0.2, 0.25) is 0 Å². The molecule has 1 heterocycles. The van der Waals surface area contributed by atoms with Crippen LogP contribution in [0.25, 0.3) is 0 Å². The highest BCUT2D eigenvalue weighted by Gasteiger charge is 2.52. The molecule has 1 aliphatic rings. The van der Waals surface area contributed by atoms with Crippen molar-refractivity contribution in [2.75, 3.05) is 4.90 Å². The Morgan fingerprint density at radius 3 is 2.14 bits per heavy atom. The van der Waals surface area contributed by atoms with Gasteiger partial charge >= 0.3 is 6.18 Å². The summed E-state index contributed by atoms with van der Waals surface area (Å²) in [5.41, 5.74) is -3.88. The summed E-state index contributed by atoms with van der Waals surface area (Å²) in [6.45, 7) is -0.267. The summed E-state index contributed by atoms with van der Waals surface area (Å²) in [7, 11) is 0. The number of aliphatic imine (C=N–C) groups is 1. The molecule has 0 saturated carbocycles. The lowest BCUT2D eigenvalue weighted by molar-refractivity contribution is -0.137.